The van der Waals surface area contributed by atoms with E-state index in [0.717, 1.165) is 16.3 Å². The topological polar surface area (TPSA) is 88.5 Å². The lowest BCUT2D eigenvalue weighted by Crippen LogP contribution is -2.44. The highest BCUT2D eigenvalue weighted by atomic mass is 16.6. The van der Waals surface area contributed by atoms with Gasteiger partial charge in [0.1, 0.15) is 11.6 Å². The van der Waals surface area contributed by atoms with Crippen LogP contribution in [0.1, 0.15) is 26.3 Å². The van der Waals surface area contributed by atoms with E-state index in [1.165, 1.54) is 0 Å². The average molecular weight is 316 g/mol. The lowest BCUT2D eigenvalue weighted by molar-refractivity contribution is -0.139. The Labute approximate surface area is 134 Å². The Morgan fingerprint density at radius 1 is 1.26 bits per heavy atom. The average Bonchev–Trinajstić information content (AvgIpc) is 2.44. The Morgan fingerprint density at radius 3 is 2.61 bits per heavy atom. The first-order valence-corrected chi connectivity index (χ1v) is 7.30. The Hall–Kier alpha value is -2.63. The lowest BCUT2D eigenvalue weighted by atomic mass is 10.0. The third kappa shape index (κ3) is 4.67. The van der Waals surface area contributed by atoms with Gasteiger partial charge in [-0.15, -0.1) is 0 Å². The van der Waals surface area contributed by atoms with Crippen molar-refractivity contribution in [1.82, 2.24) is 10.3 Å². The first kappa shape index (κ1) is 16.7. The highest BCUT2D eigenvalue weighted by Gasteiger charge is 2.24. The number of hydrogen-bond acceptors (Lipinski definition) is 4. The van der Waals surface area contributed by atoms with Gasteiger partial charge in [0.25, 0.3) is 0 Å². The summed E-state index contributed by atoms with van der Waals surface area (Å²) < 4.78 is 5.11. The second-order valence-electron chi connectivity index (χ2n) is 6.26. The van der Waals surface area contributed by atoms with Crippen LogP contribution in [0.25, 0.3) is 10.8 Å². The molecule has 0 aliphatic heterocycles. The van der Waals surface area contributed by atoms with Gasteiger partial charge in [-0.25, -0.2) is 9.59 Å². The van der Waals surface area contributed by atoms with E-state index in [9.17, 15) is 14.7 Å². The second-order valence-corrected chi connectivity index (χ2v) is 6.26. The molecule has 1 aromatic heterocycles. The van der Waals surface area contributed by atoms with E-state index < -0.39 is 23.7 Å². The molecule has 1 aromatic carbocycles. The van der Waals surface area contributed by atoms with Gasteiger partial charge in [0.2, 0.25) is 0 Å². The van der Waals surface area contributed by atoms with Gasteiger partial charge in [-0.3, -0.25) is 4.98 Å². The van der Waals surface area contributed by atoms with Gasteiger partial charge in [-0.05, 0) is 31.7 Å². The van der Waals surface area contributed by atoms with Crippen molar-refractivity contribution in [3.8, 4) is 0 Å². The Bertz CT molecular complexity index is 717. The van der Waals surface area contributed by atoms with Gasteiger partial charge in [0.05, 0.1) is 0 Å². The minimum absolute atomic E-state index is 0.128. The summed E-state index contributed by atoms with van der Waals surface area (Å²) in [6.45, 7) is 5.16. The van der Waals surface area contributed by atoms with Gasteiger partial charge in [-0.1, -0.05) is 24.3 Å². The van der Waals surface area contributed by atoms with Crippen LogP contribution in [-0.4, -0.2) is 33.8 Å². The summed E-state index contributed by atoms with van der Waals surface area (Å²) in [4.78, 5) is 27.4. The molecule has 2 N–H and O–H groups in total. The number of hydrogen-bond donors (Lipinski definition) is 2. The monoisotopic (exact) mass is 316 g/mol. The molecule has 0 aliphatic rings. The zero-order chi connectivity index (χ0) is 17.0. The molecule has 0 aliphatic carbocycles. The molecular formula is C17H20N2O4. The van der Waals surface area contributed by atoms with Crippen molar-refractivity contribution in [2.75, 3.05) is 0 Å². The minimum Gasteiger partial charge on any atom is -0.480 e. The number of nitrogens with zero attached hydrogens (tertiary/aromatic N) is 1. The van der Waals surface area contributed by atoms with E-state index in [-0.39, 0.29) is 6.42 Å². The van der Waals surface area contributed by atoms with Crippen LogP contribution < -0.4 is 5.32 Å². The smallest absolute Gasteiger partial charge is 0.408 e. The van der Waals surface area contributed by atoms with Crippen molar-refractivity contribution >= 4 is 22.8 Å². The number of carboxylic acid groups (broad SMARTS) is 1. The third-order valence-corrected chi connectivity index (χ3v) is 3.16. The highest BCUT2D eigenvalue weighted by Crippen LogP contribution is 2.18. The van der Waals surface area contributed by atoms with E-state index in [2.05, 4.69) is 10.3 Å². The molecule has 0 unspecified atom stereocenters. The molecule has 0 bridgehead atoms. The maximum atomic E-state index is 11.8. The number of alkyl carbamates (subject to hydrolysis) is 1. The van der Waals surface area contributed by atoms with Crippen LogP contribution in [-0.2, 0) is 16.0 Å². The van der Waals surface area contributed by atoms with Crippen molar-refractivity contribution in [1.29, 1.82) is 0 Å². The van der Waals surface area contributed by atoms with E-state index in [1.54, 1.807) is 33.2 Å². The van der Waals surface area contributed by atoms with Gasteiger partial charge in [0, 0.05) is 24.2 Å². The summed E-state index contributed by atoms with van der Waals surface area (Å²) >= 11 is 0. The number of carbonyl (C=O) groups excluding carboxylic acids is 1. The number of rotatable bonds is 4. The number of carbonyl (C=O) groups is 2. The largest absolute Gasteiger partial charge is 0.480 e. The zero-order valence-electron chi connectivity index (χ0n) is 13.4. The Kier molecular flexibility index (Phi) is 4.83. The summed E-state index contributed by atoms with van der Waals surface area (Å²) in [7, 11) is 0. The molecule has 0 saturated heterocycles. The van der Waals surface area contributed by atoms with Gasteiger partial charge >= 0.3 is 12.1 Å². The molecule has 23 heavy (non-hydrogen) atoms. The quantitative estimate of drug-likeness (QED) is 0.905. The molecule has 2 rings (SSSR count). The van der Waals surface area contributed by atoms with Crippen molar-refractivity contribution in [3.05, 3.63) is 42.2 Å². The number of ether oxygens (including phenoxy) is 1. The number of nitrogens with one attached hydrogen (secondary N) is 1. The van der Waals surface area contributed by atoms with Gasteiger partial charge in [-0.2, -0.15) is 0 Å². The maximum absolute atomic E-state index is 11.8. The van der Waals surface area contributed by atoms with Crippen molar-refractivity contribution in [3.63, 3.8) is 0 Å². The number of aliphatic carboxylic acids is 1. The fraction of sp³-hybridized carbons (Fsp3) is 0.353. The van der Waals surface area contributed by atoms with Crippen LogP contribution in [0.4, 0.5) is 4.79 Å². The summed E-state index contributed by atoms with van der Waals surface area (Å²) in [5.74, 6) is -1.12. The van der Waals surface area contributed by atoms with Crippen LogP contribution >= 0.6 is 0 Å². The molecule has 1 heterocycles. The standard InChI is InChI=1S/C17H20N2O4/c1-17(2,3)23-16(22)19-14(15(20)21)8-12-10-18-9-11-6-4-5-7-13(11)12/h4-7,9-10,14H,8H2,1-3H3,(H,19,22)(H,20,21)/t14-/m0/s1. The first-order chi connectivity index (χ1) is 10.8. The zero-order valence-corrected chi connectivity index (χ0v) is 13.4. The van der Waals surface area contributed by atoms with Crippen LogP contribution in [0.5, 0.6) is 0 Å². The van der Waals surface area contributed by atoms with Crippen molar-refractivity contribution in [2.24, 2.45) is 0 Å². The SMILES string of the molecule is CC(C)(C)OC(=O)N[C@@H](Cc1cncc2ccccc12)C(=O)O. The predicted molar refractivity (Wildman–Crippen MR) is 86.2 cm³/mol. The minimum atomic E-state index is -1.12. The van der Waals surface area contributed by atoms with Crippen molar-refractivity contribution in [2.45, 2.75) is 38.8 Å². The fourth-order valence-electron chi connectivity index (χ4n) is 2.21. The van der Waals surface area contributed by atoms with Crippen LogP contribution in [0.15, 0.2) is 36.7 Å². The van der Waals surface area contributed by atoms with Crippen molar-refractivity contribution < 1.29 is 19.4 Å². The number of pyridine rings is 1. The van der Waals surface area contributed by atoms with E-state index in [0.29, 0.717) is 0 Å². The lowest BCUT2D eigenvalue weighted by Gasteiger charge is -2.22. The number of aromatic nitrogens is 1. The Balaban J connectivity index is 2.19. The van der Waals surface area contributed by atoms with Gasteiger partial charge in [0.15, 0.2) is 0 Å². The first-order valence-electron chi connectivity index (χ1n) is 7.30. The number of benzene rings is 1. The van der Waals surface area contributed by atoms with Crippen LogP contribution in [0, 0.1) is 0 Å². The number of carboxylic acids is 1. The highest BCUT2D eigenvalue weighted by molar-refractivity contribution is 5.86. The van der Waals surface area contributed by atoms with E-state index in [4.69, 9.17) is 4.74 Å². The molecule has 6 nitrogen and oxygen atoms in total. The molecule has 1 amide bonds. The number of fused-ring (bicyclic) bond motifs is 1. The van der Waals surface area contributed by atoms with Crippen LogP contribution in [0.2, 0.25) is 0 Å². The molecule has 0 saturated carbocycles. The molecule has 6 heteroatoms. The second kappa shape index (κ2) is 6.64. The molecule has 122 valence electrons. The Morgan fingerprint density at radius 2 is 1.96 bits per heavy atom. The summed E-state index contributed by atoms with van der Waals surface area (Å²) in [6.07, 6.45) is 2.71. The molecule has 0 spiro atoms. The van der Waals surface area contributed by atoms with E-state index >= 15 is 0 Å². The third-order valence-electron chi connectivity index (χ3n) is 3.16. The summed E-state index contributed by atoms with van der Waals surface area (Å²) in [5.41, 5.74) is 0.0697. The molecule has 2 aromatic rings. The van der Waals surface area contributed by atoms with Crippen LogP contribution in [0.3, 0.4) is 0 Å². The molecule has 0 fully saturated rings. The normalized spacial score (nSPS) is 12.7. The fourth-order valence-corrected chi connectivity index (χ4v) is 2.21. The number of amides is 1. The molecule has 0 radical (unpaired) electrons. The maximum Gasteiger partial charge on any atom is 0.408 e. The predicted octanol–water partition coefficient (Wildman–Crippen LogP) is 2.76. The molecular weight excluding hydrogens is 296 g/mol. The van der Waals surface area contributed by atoms with E-state index in [1.807, 2.05) is 24.3 Å². The summed E-state index contributed by atoms with van der Waals surface area (Å²) in [5, 5.41) is 13.6. The molecule has 1 atom stereocenters. The van der Waals surface area contributed by atoms with Gasteiger partial charge < -0.3 is 15.2 Å². The summed E-state index contributed by atoms with van der Waals surface area (Å²) in [6, 6.07) is 6.49.